The van der Waals surface area contributed by atoms with Crippen molar-refractivity contribution in [2.45, 2.75) is 85.9 Å². The van der Waals surface area contributed by atoms with Crippen LogP contribution in [0.2, 0.25) is 5.02 Å². The number of halogens is 1. The van der Waals surface area contributed by atoms with E-state index in [0.29, 0.717) is 16.3 Å². The minimum absolute atomic E-state index is 0.0914. The zero-order valence-corrected chi connectivity index (χ0v) is 24.5. The van der Waals surface area contributed by atoms with Crippen molar-refractivity contribution in [3.05, 3.63) is 28.8 Å². The highest BCUT2D eigenvalue weighted by molar-refractivity contribution is 6.32. The zero-order valence-electron chi connectivity index (χ0n) is 23.8. The molecule has 1 aromatic carbocycles. The maximum absolute atomic E-state index is 13.2. The topological polar surface area (TPSA) is 143 Å². The zero-order chi connectivity index (χ0) is 29.5. The van der Waals surface area contributed by atoms with Crippen LogP contribution in [0.1, 0.15) is 67.4 Å². The predicted molar refractivity (Wildman–Crippen MR) is 145 cm³/mol. The van der Waals surface area contributed by atoms with Crippen LogP contribution in [0.5, 0.6) is 5.75 Å². The number of carbonyl (C=O) groups excluding carboxylic acids is 3. The summed E-state index contributed by atoms with van der Waals surface area (Å²) in [5.41, 5.74) is -1.57. The molecule has 0 aliphatic heterocycles. The molecule has 10 nitrogen and oxygen atoms in total. The number of hydrogen-bond donors (Lipinski definition) is 4. The van der Waals surface area contributed by atoms with E-state index in [0.717, 1.165) is 0 Å². The molecule has 0 fully saturated rings. The number of benzene rings is 1. The van der Waals surface area contributed by atoms with E-state index < -0.39 is 47.0 Å². The van der Waals surface area contributed by atoms with Crippen molar-refractivity contribution in [2.75, 3.05) is 13.7 Å². The van der Waals surface area contributed by atoms with Crippen LogP contribution in [-0.2, 0) is 25.5 Å². The molecule has 0 aromatic heterocycles. The minimum Gasteiger partial charge on any atom is -0.495 e. The van der Waals surface area contributed by atoms with Gasteiger partial charge in [0, 0.05) is 13.0 Å². The number of ether oxygens (including phenoxy) is 2. The number of amides is 3. The molecule has 11 heteroatoms. The van der Waals surface area contributed by atoms with E-state index in [2.05, 4.69) is 16.0 Å². The Labute approximate surface area is 230 Å². The van der Waals surface area contributed by atoms with Gasteiger partial charge < -0.3 is 30.5 Å². The van der Waals surface area contributed by atoms with Gasteiger partial charge in [-0.1, -0.05) is 38.4 Å². The van der Waals surface area contributed by atoms with Crippen LogP contribution in [-0.4, -0.2) is 60.3 Å². The molecule has 1 aromatic rings. The fourth-order valence-electron chi connectivity index (χ4n) is 3.41. The molecule has 0 bridgehead atoms. The summed E-state index contributed by atoms with van der Waals surface area (Å²) in [5.74, 6) is -1.73. The Bertz CT molecular complexity index is 1010. The highest BCUT2D eigenvalue weighted by Gasteiger charge is 2.34. The van der Waals surface area contributed by atoms with Crippen LogP contribution in [0.4, 0.5) is 4.79 Å². The second kappa shape index (κ2) is 13.2. The first kappa shape index (κ1) is 33.0. The summed E-state index contributed by atoms with van der Waals surface area (Å²) in [5, 5.41) is 17.8. The van der Waals surface area contributed by atoms with Crippen LogP contribution < -0.4 is 20.7 Å². The minimum atomic E-state index is -1.14. The summed E-state index contributed by atoms with van der Waals surface area (Å²) in [4.78, 5) is 50.2. The lowest BCUT2D eigenvalue weighted by Gasteiger charge is -2.30. The van der Waals surface area contributed by atoms with Crippen molar-refractivity contribution in [3.8, 4) is 5.75 Å². The number of carbonyl (C=O) groups is 4. The van der Waals surface area contributed by atoms with Gasteiger partial charge >= 0.3 is 12.1 Å². The Balaban J connectivity index is 3.02. The van der Waals surface area contributed by atoms with E-state index >= 15 is 0 Å². The molecule has 214 valence electrons. The highest BCUT2D eigenvalue weighted by Crippen LogP contribution is 2.26. The number of aliphatic carboxylic acids is 1. The first-order valence-electron chi connectivity index (χ1n) is 12.4. The smallest absolute Gasteiger partial charge is 0.408 e. The monoisotopic (exact) mass is 555 g/mol. The van der Waals surface area contributed by atoms with E-state index in [9.17, 15) is 24.3 Å². The molecule has 0 heterocycles. The van der Waals surface area contributed by atoms with Gasteiger partial charge in [0.25, 0.3) is 0 Å². The first-order valence-corrected chi connectivity index (χ1v) is 12.8. The van der Waals surface area contributed by atoms with Crippen molar-refractivity contribution in [2.24, 2.45) is 10.8 Å². The number of methoxy groups -OCH3 is 1. The average Bonchev–Trinajstić information content (AvgIpc) is 2.74. The highest BCUT2D eigenvalue weighted by atomic mass is 35.5. The van der Waals surface area contributed by atoms with Crippen molar-refractivity contribution >= 4 is 35.5 Å². The summed E-state index contributed by atoms with van der Waals surface area (Å²) in [6.07, 6.45) is -0.447. The van der Waals surface area contributed by atoms with E-state index in [1.54, 1.807) is 52.8 Å². The Kier molecular flexibility index (Phi) is 11.4. The molecule has 38 heavy (non-hydrogen) atoms. The average molecular weight is 556 g/mol. The molecule has 0 radical (unpaired) electrons. The molecular formula is C27H42ClN3O7. The second-order valence-electron chi connectivity index (χ2n) is 12.1. The molecule has 0 saturated heterocycles. The summed E-state index contributed by atoms with van der Waals surface area (Å²) in [6.45, 7) is 13.9. The van der Waals surface area contributed by atoms with E-state index in [1.165, 1.54) is 7.11 Å². The Morgan fingerprint density at radius 2 is 1.58 bits per heavy atom. The third-order valence-electron chi connectivity index (χ3n) is 5.40. The third-order valence-corrected chi connectivity index (χ3v) is 5.70. The van der Waals surface area contributed by atoms with E-state index in [-0.39, 0.29) is 24.8 Å². The van der Waals surface area contributed by atoms with Gasteiger partial charge in [0.05, 0.1) is 17.5 Å². The van der Waals surface area contributed by atoms with Crippen molar-refractivity contribution in [3.63, 3.8) is 0 Å². The van der Waals surface area contributed by atoms with Crippen LogP contribution in [0, 0.1) is 10.8 Å². The molecule has 2 atom stereocenters. The third kappa shape index (κ3) is 11.6. The van der Waals surface area contributed by atoms with Crippen molar-refractivity contribution in [1.82, 2.24) is 16.0 Å². The van der Waals surface area contributed by atoms with Gasteiger partial charge in [-0.05, 0) is 64.2 Å². The fourth-order valence-corrected chi connectivity index (χ4v) is 3.69. The SMILES string of the molecule is COc1ccc(CC(NC(=O)OC(C)(C)C)C(=O)NCC(C)(C)C(=O)NC(CC(C)(C)C)C(=O)O)cc1Cl. The molecule has 0 aliphatic carbocycles. The number of alkyl carbamates (subject to hydrolysis) is 1. The Hall–Kier alpha value is -3.01. The lowest BCUT2D eigenvalue weighted by molar-refractivity contribution is -0.144. The largest absolute Gasteiger partial charge is 0.495 e. The first-order chi connectivity index (χ1) is 17.2. The van der Waals surface area contributed by atoms with Crippen LogP contribution in [0.15, 0.2) is 18.2 Å². The number of rotatable bonds is 11. The van der Waals surface area contributed by atoms with Gasteiger partial charge in [-0.25, -0.2) is 9.59 Å². The molecular weight excluding hydrogens is 514 g/mol. The van der Waals surface area contributed by atoms with Gasteiger partial charge in [0.15, 0.2) is 0 Å². The lowest BCUT2D eigenvalue weighted by atomic mass is 9.86. The fraction of sp³-hybridized carbons (Fsp3) is 0.630. The van der Waals surface area contributed by atoms with Crippen LogP contribution >= 0.6 is 11.6 Å². The van der Waals surface area contributed by atoms with E-state index in [1.807, 2.05) is 20.8 Å². The van der Waals surface area contributed by atoms with Crippen molar-refractivity contribution < 1.29 is 33.8 Å². The van der Waals surface area contributed by atoms with Gasteiger partial charge in [-0.2, -0.15) is 0 Å². The van der Waals surface area contributed by atoms with Gasteiger partial charge in [-0.3, -0.25) is 9.59 Å². The van der Waals surface area contributed by atoms with Crippen molar-refractivity contribution in [1.29, 1.82) is 0 Å². The normalized spacial score (nSPS) is 13.6. The molecule has 0 spiro atoms. The summed E-state index contributed by atoms with van der Waals surface area (Å²) >= 11 is 6.22. The molecule has 1 rings (SSSR count). The van der Waals surface area contributed by atoms with Crippen LogP contribution in [0.3, 0.4) is 0 Å². The quantitative estimate of drug-likeness (QED) is 0.324. The predicted octanol–water partition coefficient (Wildman–Crippen LogP) is 3.93. The second-order valence-corrected chi connectivity index (χ2v) is 12.5. The molecule has 0 aliphatic rings. The van der Waals surface area contributed by atoms with Gasteiger partial charge in [0.2, 0.25) is 11.8 Å². The molecule has 2 unspecified atom stereocenters. The van der Waals surface area contributed by atoms with Crippen LogP contribution in [0.25, 0.3) is 0 Å². The van der Waals surface area contributed by atoms with Gasteiger partial charge in [0.1, 0.15) is 23.4 Å². The number of carboxylic acid groups (broad SMARTS) is 1. The summed E-state index contributed by atoms with van der Waals surface area (Å²) < 4.78 is 10.5. The maximum Gasteiger partial charge on any atom is 0.408 e. The summed E-state index contributed by atoms with van der Waals surface area (Å²) in [6, 6.07) is 2.90. The number of hydrogen-bond acceptors (Lipinski definition) is 6. The molecule has 3 amide bonds. The number of nitrogens with one attached hydrogen (secondary N) is 3. The van der Waals surface area contributed by atoms with E-state index in [4.69, 9.17) is 21.1 Å². The Morgan fingerprint density at radius 3 is 2.05 bits per heavy atom. The molecule has 0 saturated carbocycles. The Morgan fingerprint density at radius 1 is 0.974 bits per heavy atom. The standard InChI is InChI=1S/C27H42ClN3O7/c1-25(2,3)14-19(22(33)34)30-23(35)27(7,8)15-29-21(32)18(31-24(36)38-26(4,5)6)13-16-10-11-20(37-9)17(28)12-16/h10-12,18-19H,13-15H2,1-9H3,(H,29,32)(H,30,35)(H,31,36)(H,33,34). The molecule has 4 N–H and O–H groups in total. The number of carboxylic acids is 1. The van der Waals surface area contributed by atoms with Gasteiger partial charge in [-0.15, -0.1) is 0 Å². The lowest BCUT2D eigenvalue weighted by Crippen LogP contribution is -2.54. The maximum atomic E-state index is 13.2. The summed E-state index contributed by atoms with van der Waals surface area (Å²) in [7, 11) is 1.49.